The Morgan fingerprint density at radius 2 is 1.85 bits per heavy atom. The first-order valence-electron chi connectivity index (χ1n) is 11.0. The number of hydrogen-bond acceptors (Lipinski definition) is 6. The fourth-order valence-corrected chi connectivity index (χ4v) is 6.01. The predicted molar refractivity (Wildman–Crippen MR) is 136 cm³/mol. The van der Waals surface area contributed by atoms with E-state index in [-0.39, 0.29) is 0 Å². The summed E-state index contributed by atoms with van der Waals surface area (Å²) in [4.78, 5) is 11.3. The minimum absolute atomic E-state index is 0.414. The Bertz CT molecular complexity index is 1180. The fourth-order valence-electron chi connectivity index (χ4n) is 5.19. The molecule has 0 spiro atoms. The number of methoxy groups -OCH3 is 1. The molecule has 2 aliphatic rings. The molecule has 1 aliphatic heterocycles. The molecule has 3 atom stereocenters. The molecular weight excluding hydrogens is 527 g/mol. The molecule has 2 fully saturated rings. The van der Waals surface area contributed by atoms with Crippen LogP contribution in [0.2, 0.25) is 10.0 Å². The topological polar surface area (TPSA) is 59.5 Å². The lowest BCUT2D eigenvalue weighted by atomic mass is 10.0. The summed E-state index contributed by atoms with van der Waals surface area (Å²) < 4.78 is 12.6. The number of halogens is 3. The quantitative estimate of drug-likeness (QED) is 0.357. The number of benzene rings is 2. The molecular formula is C24H25BrCl2N4O2. The van der Waals surface area contributed by atoms with Gasteiger partial charge in [-0.25, -0.2) is 9.97 Å². The minimum Gasteiger partial charge on any atom is -0.493 e. The van der Waals surface area contributed by atoms with E-state index in [4.69, 9.17) is 32.7 Å². The van der Waals surface area contributed by atoms with Gasteiger partial charge in [-0.2, -0.15) is 0 Å². The van der Waals surface area contributed by atoms with Gasteiger partial charge in [0.15, 0.2) is 11.5 Å². The lowest BCUT2D eigenvalue weighted by Gasteiger charge is -2.18. The molecule has 2 heterocycles. The van der Waals surface area contributed by atoms with E-state index in [1.807, 2.05) is 24.3 Å². The van der Waals surface area contributed by atoms with Crippen molar-refractivity contribution in [2.24, 2.45) is 17.8 Å². The lowest BCUT2D eigenvalue weighted by Crippen LogP contribution is -2.18. The normalized spacial score (nSPS) is 22.5. The van der Waals surface area contributed by atoms with Crippen LogP contribution in [0.15, 0.2) is 35.1 Å². The monoisotopic (exact) mass is 550 g/mol. The average molecular weight is 552 g/mol. The van der Waals surface area contributed by atoms with Crippen molar-refractivity contribution in [2.75, 3.05) is 39.2 Å². The van der Waals surface area contributed by atoms with Crippen molar-refractivity contribution < 1.29 is 9.47 Å². The number of anilines is 2. The highest BCUT2D eigenvalue weighted by atomic mass is 79.9. The second-order valence-corrected chi connectivity index (χ2v) is 10.6. The van der Waals surface area contributed by atoms with Gasteiger partial charge in [-0.15, -0.1) is 0 Å². The zero-order chi connectivity index (χ0) is 23.1. The second kappa shape index (κ2) is 9.45. The number of likely N-dealkylation sites (tertiary alicyclic amines) is 1. The number of rotatable bonds is 6. The second-order valence-electron chi connectivity index (χ2n) is 8.98. The third-order valence-electron chi connectivity index (χ3n) is 6.71. The van der Waals surface area contributed by atoms with Crippen LogP contribution in [0.25, 0.3) is 10.9 Å². The van der Waals surface area contributed by atoms with Crippen LogP contribution in [0.4, 0.5) is 11.5 Å². The largest absolute Gasteiger partial charge is 0.493 e. The van der Waals surface area contributed by atoms with Gasteiger partial charge in [0.1, 0.15) is 12.1 Å². The van der Waals surface area contributed by atoms with Crippen LogP contribution in [-0.2, 0) is 0 Å². The van der Waals surface area contributed by atoms with Gasteiger partial charge in [0, 0.05) is 29.0 Å². The Kier molecular flexibility index (Phi) is 6.58. The molecule has 2 aromatic carbocycles. The maximum atomic E-state index is 6.41. The number of fused-ring (bicyclic) bond motifs is 2. The van der Waals surface area contributed by atoms with Crippen molar-refractivity contribution >= 4 is 61.5 Å². The molecule has 1 saturated carbocycles. The van der Waals surface area contributed by atoms with E-state index in [0.29, 0.717) is 45.6 Å². The summed E-state index contributed by atoms with van der Waals surface area (Å²) in [6.07, 6.45) is 3.99. The first kappa shape index (κ1) is 23.0. The summed E-state index contributed by atoms with van der Waals surface area (Å²) in [5, 5.41) is 4.92. The summed E-state index contributed by atoms with van der Waals surface area (Å²) in [7, 11) is 3.86. The first-order valence-corrected chi connectivity index (χ1v) is 12.5. The summed E-state index contributed by atoms with van der Waals surface area (Å²) in [5.74, 6) is 4.16. The number of nitrogens with zero attached hydrogens (tertiary/aromatic N) is 3. The van der Waals surface area contributed by atoms with E-state index in [1.54, 1.807) is 7.11 Å². The molecule has 2 unspecified atom stereocenters. The molecule has 1 aromatic heterocycles. The van der Waals surface area contributed by atoms with Crippen molar-refractivity contribution in [3.8, 4) is 11.5 Å². The Morgan fingerprint density at radius 1 is 1.09 bits per heavy atom. The highest BCUT2D eigenvalue weighted by molar-refractivity contribution is 9.10. The number of nitrogens with one attached hydrogen (secondary N) is 1. The Morgan fingerprint density at radius 3 is 2.58 bits per heavy atom. The van der Waals surface area contributed by atoms with E-state index in [9.17, 15) is 0 Å². The standard InChI is InChI=1S/C24H25BrCl2N4O2/c1-31-9-14-5-13(6-15(14)10-31)11-33-21-8-19-16(7-20(21)32-2)24(29-12-28-19)30-18-4-3-17(25)22(26)23(18)27/h3-4,7-8,12-15H,5-6,9-11H2,1-2H3,(H,28,29,30)/t13?,14-,15?/m1/s1. The van der Waals surface area contributed by atoms with Crippen molar-refractivity contribution in [3.63, 3.8) is 0 Å². The zero-order valence-electron chi connectivity index (χ0n) is 18.4. The third kappa shape index (κ3) is 4.61. The number of hydrogen-bond donors (Lipinski definition) is 1. The van der Waals surface area contributed by atoms with Gasteiger partial charge >= 0.3 is 0 Å². The molecule has 0 amide bonds. The molecule has 9 heteroatoms. The van der Waals surface area contributed by atoms with Gasteiger partial charge in [-0.3, -0.25) is 0 Å². The lowest BCUT2D eigenvalue weighted by molar-refractivity contribution is 0.227. The van der Waals surface area contributed by atoms with Crippen LogP contribution in [0.1, 0.15) is 12.8 Å². The van der Waals surface area contributed by atoms with Crippen molar-refractivity contribution in [3.05, 3.63) is 45.1 Å². The van der Waals surface area contributed by atoms with Crippen LogP contribution in [0.3, 0.4) is 0 Å². The molecule has 1 N–H and O–H groups in total. The molecule has 3 aromatic rings. The number of aromatic nitrogens is 2. The fraction of sp³-hybridized carbons (Fsp3) is 0.417. The minimum atomic E-state index is 0.414. The van der Waals surface area contributed by atoms with E-state index >= 15 is 0 Å². The van der Waals surface area contributed by atoms with Gasteiger partial charge in [-0.05, 0) is 71.8 Å². The average Bonchev–Trinajstić information content (AvgIpc) is 3.34. The van der Waals surface area contributed by atoms with Crippen LogP contribution < -0.4 is 14.8 Å². The molecule has 33 heavy (non-hydrogen) atoms. The van der Waals surface area contributed by atoms with Crippen molar-refractivity contribution in [2.45, 2.75) is 12.8 Å². The van der Waals surface area contributed by atoms with Crippen molar-refractivity contribution in [1.82, 2.24) is 14.9 Å². The molecule has 0 bridgehead atoms. The molecule has 0 radical (unpaired) electrons. The SMILES string of the molecule is COc1cc2c(Nc3ccc(Br)c(Cl)c3Cl)ncnc2cc1OCC1CC2CN(C)C[C@H]2C1. The Balaban J connectivity index is 1.37. The maximum absolute atomic E-state index is 6.41. The van der Waals surface area contributed by atoms with Gasteiger partial charge in [0.05, 0.1) is 35.0 Å². The summed E-state index contributed by atoms with van der Waals surface area (Å²) in [5.41, 5.74) is 1.41. The predicted octanol–water partition coefficient (Wildman–Crippen LogP) is 6.42. The van der Waals surface area contributed by atoms with Gasteiger partial charge in [0.25, 0.3) is 0 Å². The van der Waals surface area contributed by atoms with Gasteiger partial charge < -0.3 is 19.7 Å². The number of ether oxygens (including phenoxy) is 2. The maximum Gasteiger partial charge on any atom is 0.163 e. The first-order chi connectivity index (χ1) is 15.9. The molecule has 5 rings (SSSR count). The van der Waals surface area contributed by atoms with E-state index < -0.39 is 0 Å². The van der Waals surface area contributed by atoms with E-state index in [0.717, 1.165) is 27.2 Å². The van der Waals surface area contributed by atoms with Gasteiger partial charge in [0.2, 0.25) is 0 Å². The van der Waals surface area contributed by atoms with Crippen LogP contribution in [-0.4, -0.2) is 48.7 Å². The molecule has 1 saturated heterocycles. The Labute approximate surface area is 211 Å². The summed E-state index contributed by atoms with van der Waals surface area (Å²) in [6, 6.07) is 7.50. The summed E-state index contributed by atoms with van der Waals surface area (Å²) in [6.45, 7) is 3.11. The molecule has 6 nitrogen and oxygen atoms in total. The Hall–Kier alpha value is -1.80. The van der Waals surface area contributed by atoms with Crippen molar-refractivity contribution in [1.29, 1.82) is 0 Å². The molecule has 1 aliphatic carbocycles. The third-order valence-corrected chi connectivity index (χ3v) is 8.49. The van der Waals surface area contributed by atoms with Crippen LogP contribution in [0.5, 0.6) is 11.5 Å². The zero-order valence-corrected chi connectivity index (χ0v) is 21.5. The summed E-state index contributed by atoms with van der Waals surface area (Å²) >= 11 is 16.1. The van der Waals surface area contributed by atoms with Crippen LogP contribution >= 0.6 is 39.1 Å². The van der Waals surface area contributed by atoms with Gasteiger partial charge in [-0.1, -0.05) is 23.2 Å². The van der Waals surface area contributed by atoms with Crippen LogP contribution in [0, 0.1) is 17.8 Å². The smallest absolute Gasteiger partial charge is 0.163 e. The highest BCUT2D eigenvalue weighted by Crippen LogP contribution is 2.42. The van der Waals surface area contributed by atoms with E-state index in [1.165, 1.54) is 32.3 Å². The highest BCUT2D eigenvalue weighted by Gasteiger charge is 2.39. The molecule has 174 valence electrons. The van der Waals surface area contributed by atoms with E-state index in [2.05, 4.69) is 43.2 Å².